The van der Waals surface area contributed by atoms with Crippen LogP contribution in [-0.2, 0) is 20.8 Å². The second-order valence-corrected chi connectivity index (χ2v) is 9.32. The van der Waals surface area contributed by atoms with E-state index in [1.54, 1.807) is 0 Å². The molecule has 1 saturated carbocycles. The zero-order valence-electron chi connectivity index (χ0n) is 13.3. The maximum atomic E-state index is 12.0. The van der Waals surface area contributed by atoms with Crippen LogP contribution in [-0.4, -0.2) is 34.6 Å². The van der Waals surface area contributed by atoms with E-state index in [2.05, 4.69) is 5.32 Å². The van der Waals surface area contributed by atoms with E-state index < -0.39 is 25.7 Å². The largest absolute Gasteiger partial charge is 0.381 e. The number of sulfonamides is 1. The zero-order valence-corrected chi connectivity index (χ0v) is 14.9. The number of primary sulfonamides is 1. The number of nitrogens with one attached hydrogen (secondary N) is 1. The summed E-state index contributed by atoms with van der Waals surface area (Å²) in [5.41, 5.74) is -0.0887. The Balaban J connectivity index is 2.26. The molecular weight excluding hydrogens is 354 g/mol. The zero-order chi connectivity index (χ0) is 17.9. The highest BCUT2D eigenvalue weighted by molar-refractivity contribution is 7.89. The third-order valence-electron chi connectivity index (χ3n) is 4.12. The molecular formula is C14H21N3O5S2. The first-order chi connectivity index (χ1) is 11.2. The van der Waals surface area contributed by atoms with Crippen molar-refractivity contribution in [2.75, 3.05) is 11.1 Å². The summed E-state index contributed by atoms with van der Waals surface area (Å²) in [6.45, 7) is 1.88. The highest BCUT2D eigenvalue weighted by atomic mass is 32.2. The van der Waals surface area contributed by atoms with Crippen LogP contribution >= 0.6 is 0 Å². The maximum Gasteiger partial charge on any atom is 0.270 e. The number of hydrogen-bond acceptors (Lipinski definition) is 6. The van der Waals surface area contributed by atoms with Gasteiger partial charge in [-0.2, -0.15) is 0 Å². The Hall–Kier alpha value is -1.52. The molecule has 1 aliphatic rings. The topological polar surface area (TPSA) is 132 Å². The molecule has 8 nitrogen and oxygen atoms in total. The quantitative estimate of drug-likeness (QED) is 0.575. The van der Waals surface area contributed by atoms with E-state index in [-0.39, 0.29) is 27.6 Å². The molecule has 3 unspecified atom stereocenters. The number of benzene rings is 1. The minimum atomic E-state index is -4.10. The lowest BCUT2D eigenvalue weighted by Crippen LogP contribution is -2.33. The lowest BCUT2D eigenvalue weighted by molar-refractivity contribution is -0.385. The van der Waals surface area contributed by atoms with Crippen LogP contribution in [0.2, 0.25) is 0 Å². The third-order valence-corrected chi connectivity index (χ3v) is 6.82. The van der Waals surface area contributed by atoms with Crippen molar-refractivity contribution in [3.8, 4) is 0 Å². The van der Waals surface area contributed by atoms with Gasteiger partial charge in [-0.25, -0.2) is 13.6 Å². The second-order valence-electron chi connectivity index (χ2n) is 5.78. The number of nitro benzene ring substituents is 1. The van der Waals surface area contributed by atoms with Crippen LogP contribution in [0.15, 0.2) is 23.1 Å². The molecule has 1 fully saturated rings. The molecule has 10 heteroatoms. The van der Waals surface area contributed by atoms with Crippen molar-refractivity contribution in [2.45, 2.75) is 48.8 Å². The SMILES string of the molecule is CCS(=O)C1CCCC(Nc2ccc([N+](=O)[O-])cc2S(N)(=O)=O)C1. The number of rotatable bonds is 6. The Morgan fingerprint density at radius 2 is 2.12 bits per heavy atom. The number of hydrogen-bond donors (Lipinski definition) is 2. The number of nitro groups is 1. The fraction of sp³-hybridized carbons (Fsp3) is 0.571. The first kappa shape index (κ1) is 18.8. The van der Waals surface area contributed by atoms with Gasteiger partial charge in [0.15, 0.2) is 0 Å². The van der Waals surface area contributed by atoms with Crippen LogP contribution < -0.4 is 10.5 Å². The molecule has 24 heavy (non-hydrogen) atoms. The average molecular weight is 375 g/mol. The van der Waals surface area contributed by atoms with Gasteiger partial charge in [-0.1, -0.05) is 13.3 Å². The molecule has 3 atom stereocenters. The summed E-state index contributed by atoms with van der Waals surface area (Å²) in [7, 11) is -5.00. The molecule has 3 N–H and O–H groups in total. The molecule has 2 rings (SSSR count). The molecule has 1 aliphatic carbocycles. The number of nitrogens with zero attached hydrogens (tertiary/aromatic N) is 1. The molecule has 1 aromatic rings. The molecule has 0 amide bonds. The van der Waals surface area contributed by atoms with Gasteiger partial charge in [-0.15, -0.1) is 0 Å². The minimum absolute atomic E-state index is 0.0405. The van der Waals surface area contributed by atoms with Gasteiger partial charge in [0.05, 0.1) is 10.6 Å². The van der Waals surface area contributed by atoms with Crippen LogP contribution in [0.5, 0.6) is 0 Å². The lowest BCUT2D eigenvalue weighted by atomic mass is 9.94. The first-order valence-corrected chi connectivity index (χ1v) is 10.6. The monoisotopic (exact) mass is 375 g/mol. The Labute approximate surface area is 143 Å². The maximum absolute atomic E-state index is 12.0. The minimum Gasteiger partial charge on any atom is -0.381 e. The molecule has 1 aromatic carbocycles. The Bertz CT molecular complexity index is 751. The standard InChI is InChI=1S/C14H21N3O5S2/c1-2-23(20)12-5-3-4-10(8-12)16-13-7-6-11(17(18)19)9-14(13)24(15,21)22/h6-7,9-10,12,16H,2-5,8H2,1H3,(H2,15,21,22). The third kappa shape index (κ3) is 4.52. The number of non-ortho nitro benzene ring substituents is 1. The summed E-state index contributed by atoms with van der Waals surface area (Å²) in [4.78, 5) is 9.89. The summed E-state index contributed by atoms with van der Waals surface area (Å²) < 4.78 is 35.5. The van der Waals surface area contributed by atoms with E-state index in [0.29, 0.717) is 12.2 Å². The Morgan fingerprint density at radius 1 is 1.42 bits per heavy atom. The molecule has 0 radical (unpaired) electrons. The van der Waals surface area contributed by atoms with Crippen LogP contribution in [0.4, 0.5) is 11.4 Å². The van der Waals surface area contributed by atoms with Crippen molar-refractivity contribution < 1.29 is 17.6 Å². The lowest BCUT2D eigenvalue weighted by Gasteiger charge is -2.30. The van der Waals surface area contributed by atoms with Gasteiger partial charge in [-0.3, -0.25) is 14.3 Å². The fourth-order valence-electron chi connectivity index (χ4n) is 2.95. The van der Waals surface area contributed by atoms with Gasteiger partial charge in [0.25, 0.3) is 5.69 Å². The first-order valence-electron chi connectivity index (χ1n) is 7.67. The summed E-state index contributed by atoms with van der Waals surface area (Å²) in [5.74, 6) is 0.595. The van der Waals surface area contributed by atoms with E-state index in [9.17, 15) is 22.7 Å². The molecule has 0 saturated heterocycles. The van der Waals surface area contributed by atoms with E-state index >= 15 is 0 Å². The van der Waals surface area contributed by atoms with Gasteiger partial charge in [0.2, 0.25) is 10.0 Å². The Morgan fingerprint density at radius 3 is 2.71 bits per heavy atom. The van der Waals surface area contributed by atoms with Crippen molar-refractivity contribution in [1.29, 1.82) is 0 Å². The molecule has 0 bridgehead atoms. The predicted molar refractivity (Wildman–Crippen MR) is 92.8 cm³/mol. The summed E-state index contributed by atoms with van der Waals surface area (Å²) in [6, 6.07) is 3.52. The fourth-order valence-corrected chi connectivity index (χ4v) is 5.02. The van der Waals surface area contributed by atoms with Crippen molar-refractivity contribution in [1.82, 2.24) is 0 Å². The van der Waals surface area contributed by atoms with Crippen LogP contribution in [0, 0.1) is 10.1 Å². The van der Waals surface area contributed by atoms with E-state index in [4.69, 9.17) is 5.14 Å². The van der Waals surface area contributed by atoms with E-state index in [1.165, 1.54) is 12.1 Å². The summed E-state index contributed by atoms with van der Waals surface area (Å²) >= 11 is 0. The second kappa shape index (κ2) is 7.58. The average Bonchev–Trinajstić information content (AvgIpc) is 2.53. The van der Waals surface area contributed by atoms with Crippen molar-refractivity contribution in [3.05, 3.63) is 28.3 Å². The van der Waals surface area contributed by atoms with E-state index in [1.807, 2.05) is 6.92 Å². The van der Waals surface area contributed by atoms with Crippen molar-refractivity contribution >= 4 is 32.2 Å². The molecule has 0 spiro atoms. The van der Waals surface area contributed by atoms with Gasteiger partial charge in [0.1, 0.15) is 4.90 Å². The molecule has 0 aromatic heterocycles. The highest BCUT2D eigenvalue weighted by Gasteiger charge is 2.27. The predicted octanol–water partition coefficient (Wildman–Crippen LogP) is 1.73. The smallest absolute Gasteiger partial charge is 0.270 e. The van der Waals surface area contributed by atoms with Gasteiger partial charge in [0, 0.05) is 40.0 Å². The Kier molecular flexibility index (Phi) is 5.94. The van der Waals surface area contributed by atoms with Gasteiger partial charge < -0.3 is 5.32 Å². The van der Waals surface area contributed by atoms with Crippen LogP contribution in [0.3, 0.4) is 0 Å². The summed E-state index contributed by atoms with van der Waals surface area (Å²) in [5, 5.41) is 19.2. The number of nitrogens with two attached hydrogens (primary N) is 1. The number of anilines is 1. The van der Waals surface area contributed by atoms with E-state index in [0.717, 1.165) is 25.3 Å². The highest BCUT2D eigenvalue weighted by Crippen LogP contribution is 2.30. The van der Waals surface area contributed by atoms with Gasteiger partial charge in [-0.05, 0) is 25.3 Å². The molecule has 0 aliphatic heterocycles. The van der Waals surface area contributed by atoms with Gasteiger partial charge >= 0.3 is 0 Å². The van der Waals surface area contributed by atoms with Crippen molar-refractivity contribution in [2.24, 2.45) is 5.14 Å². The van der Waals surface area contributed by atoms with Crippen molar-refractivity contribution in [3.63, 3.8) is 0 Å². The molecule has 134 valence electrons. The summed E-state index contributed by atoms with van der Waals surface area (Å²) in [6.07, 6.45) is 3.27. The van der Waals surface area contributed by atoms with Crippen LogP contribution in [0.1, 0.15) is 32.6 Å². The van der Waals surface area contributed by atoms with Crippen LogP contribution in [0.25, 0.3) is 0 Å². The normalized spacial score (nSPS) is 22.8. The molecule has 0 heterocycles.